The van der Waals surface area contributed by atoms with Crippen LogP contribution in [0.15, 0.2) is 41.6 Å². The van der Waals surface area contributed by atoms with Crippen LogP contribution in [0.5, 0.6) is 0 Å². The van der Waals surface area contributed by atoms with Crippen molar-refractivity contribution < 1.29 is 21.6 Å². The number of aromatic nitrogens is 2. The summed E-state index contributed by atoms with van der Waals surface area (Å²) in [6.07, 6.45) is 1.16. The van der Waals surface area contributed by atoms with Crippen LogP contribution in [0.1, 0.15) is 16.7 Å². The lowest BCUT2D eigenvalue weighted by atomic mass is 10.1. The van der Waals surface area contributed by atoms with Gasteiger partial charge in [-0.05, 0) is 25.0 Å². The smallest absolute Gasteiger partial charge is 0.235 e. The number of anilines is 1. The van der Waals surface area contributed by atoms with Crippen LogP contribution in [0.2, 0.25) is 0 Å². The molecule has 2 aromatic carbocycles. The van der Waals surface area contributed by atoms with Crippen LogP contribution < -0.4 is 4.31 Å². The van der Waals surface area contributed by atoms with Crippen LogP contribution in [-0.2, 0) is 16.6 Å². The molecule has 0 bridgehead atoms. The predicted molar refractivity (Wildman–Crippen MR) is 95.5 cm³/mol. The van der Waals surface area contributed by atoms with Gasteiger partial charge in [0.1, 0.15) is 17.0 Å². The van der Waals surface area contributed by atoms with Gasteiger partial charge in [0.2, 0.25) is 5.13 Å². The molecule has 1 heterocycles. The minimum atomic E-state index is -4.56. The van der Waals surface area contributed by atoms with Crippen molar-refractivity contribution in [2.24, 2.45) is 0 Å². The largest absolute Gasteiger partial charge is 0.269 e. The third kappa shape index (κ3) is 3.81. The average Bonchev–Trinajstić information content (AvgIpc) is 3.11. The van der Waals surface area contributed by atoms with E-state index in [1.54, 1.807) is 6.07 Å². The fourth-order valence-corrected chi connectivity index (χ4v) is 4.72. The van der Waals surface area contributed by atoms with Crippen molar-refractivity contribution in [1.29, 1.82) is 0 Å². The first kappa shape index (κ1) is 19.3. The molecule has 0 aliphatic rings. The zero-order valence-electron chi connectivity index (χ0n) is 14.3. The van der Waals surface area contributed by atoms with Crippen molar-refractivity contribution >= 4 is 26.7 Å². The standard InChI is InChI=1S/C17H14F3N3O2S2/c1-10-3-4-12(11(2)5-10)8-23(17-21-9-22-26-17)27(24,25)16-7-14(19)13(18)6-15(16)20/h3-7,9H,8H2,1-2H3. The summed E-state index contributed by atoms with van der Waals surface area (Å²) in [5.41, 5.74) is 2.47. The van der Waals surface area contributed by atoms with Crippen molar-refractivity contribution in [3.8, 4) is 0 Å². The molecule has 27 heavy (non-hydrogen) atoms. The lowest BCUT2D eigenvalue weighted by molar-refractivity contribution is 0.482. The minimum Gasteiger partial charge on any atom is -0.235 e. The maximum Gasteiger partial charge on any atom is 0.269 e. The molecule has 0 N–H and O–H groups in total. The first-order chi connectivity index (χ1) is 12.7. The summed E-state index contributed by atoms with van der Waals surface area (Å²) in [5, 5.41) is -0.0147. The Balaban J connectivity index is 2.12. The zero-order valence-corrected chi connectivity index (χ0v) is 15.9. The molecule has 0 atom stereocenters. The number of benzene rings is 2. The molecule has 0 amide bonds. The van der Waals surface area contributed by atoms with Gasteiger partial charge in [-0.25, -0.2) is 30.9 Å². The lowest BCUT2D eigenvalue weighted by Crippen LogP contribution is -2.31. The molecule has 0 fully saturated rings. The Labute approximate surface area is 158 Å². The van der Waals surface area contributed by atoms with E-state index in [-0.39, 0.29) is 17.7 Å². The van der Waals surface area contributed by atoms with E-state index in [0.29, 0.717) is 11.6 Å². The van der Waals surface area contributed by atoms with Crippen molar-refractivity contribution in [2.75, 3.05) is 4.31 Å². The molecule has 10 heteroatoms. The van der Waals surface area contributed by atoms with Crippen LogP contribution in [0.4, 0.5) is 18.3 Å². The number of rotatable bonds is 5. The van der Waals surface area contributed by atoms with Crippen LogP contribution in [0, 0.1) is 31.3 Å². The molecule has 0 radical (unpaired) electrons. The summed E-state index contributed by atoms with van der Waals surface area (Å²) < 4.78 is 71.6. The topological polar surface area (TPSA) is 63.2 Å². The fraction of sp³-hybridized carbons (Fsp3) is 0.176. The predicted octanol–water partition coefficient (Wildman–Crippen LogP) is 3.97. The lowest BCUT2D eigenvalue weighted by Gasteiger charge is -2.22. The van der Waals surface area contributed by atoms with E-state index in [1.165, 1.54) is 0 Å². The number of hydrogen-bond acceptors (Lipinski definition) is 5. The van der Waals surface area contributed by atoms with Crippen molar-refractivity contribution in [1.82, 2.24) is 9.36 Å². The van der Waals surface area contributed by atoms with Crippen molar-refractivity contribution in [3.05, 3.63) is 70.8 Å². The minimum absolute atomic E-state index is 0.0147. The van der Waals surface area contributed by atoms with E-state index in [4.69, 9.17) is 0 Å². The van der Waals surface area contributed by atoms with E-state index < -0.39 is 32.4 Å². The normalized spacial score (nSPS) is 11.6. The summed E-state index contributed by atoms with van der Waals surface area (Å²) in [7, 11) is -4.56. The van der Waals surface area contributed by atoms with Gasteiger partial charge in [-0.1, -0.05) is 23.8 Å². The van der Waals surface area contributed by atoms with Gasteiger partial charge in [0.25, 0.3) is 10.0 Å². The van der Waals surface area contributed by atoms with Crippen LogP contribution in [-0.4, -0.2) is 17.8 Å². The SMILES string of the molecule is Cc1ccc(CN(c2ncns2)S(=O)(=O)c2cc(F)c(F)cc2F)c(C)c1. The van der Waals surface area contributed by atoms with Gasteiger partial charge >= 0.3 is 0 Å². The van der Waals surface area contributed by atoms with Crippen LogP contribution in [0.3, 0.4) is 0 Å². The number of hydrogen-bond donors (Lipinski definition) is 0. The van der Waals surface area contributed by atoms with Crippen molar-refractivity contribution in [3.63, 3.8) is 0 Å². The monoisotopic (exact) mass is 413 g/mol. The van der Waals surface area contributed by atoms with Gasteiger partial charge in [0.15, 0.2) is 11.6 Å². The maximum atomic E-state index is 14.2. The second-order valence-electron chi connectivity index (χ2n) is 5.86. The summed E-state index contributed by atoms with van der Waals surface area (Å²) in [5.74, 6) is -4.31. The Morgan fingerprint density at radius 3 is 2.37 bits per heavy atom. The molecule has 0 aliphatic carbocycles. The molecule has 142 valence electrons. The molecule has 5 nitrogen and oxygen atoms in total. The number of sulfonamides is 1. The molecular formula is C17H14F3N3O2S2. The van der Waals surface area contributed by atoms with Gasteiger partial charge < -0.3 is 0 Å². The van der Waals surface area contributed by atoms with E-state index >= 15 is 0 Å². The third-order valence-corrected chi connectivity index (χ3v) is 6.47. The first-order valence-corrected chi connectivity index (χ1v) is 9.91. The van der Waals surface area contributed by atoms with Gasteiger partial charge in [-0.3, -0.25) is 0 Å². The van der Waals surface area contributed by atoms with Gasteiger partial charge in [-0.2, -0.15) is 4.37 Å². The Bertz CT molecular complexity index is 1090. The van der Waals surface area contributed by atoms with Gasteiger partial charge in [0, 0.05) is 23.7 Å². The summed E-state index contributed by atoms with van der Waals surface area (Å²) >= 11 is 0.789. The second-order valence-corrected chi connectivity index (χ2v) is 8.45. The highest BCUT2D eigenvalue weighted by Gasteiger charge is 2.31. The second kappa shape index (κ2) is 7.28. The molecular weight excluding hydrogens is 399 g/mol. The fourth-order valence-electron chi connectivity index (χ4n) is 2.53. The third-order valence-electron chi connectivity index (χ3n) is 3.92. The number of nitrogens with zero attached hydrogens (tertiary/aromatic N) is 3. The van der Waals surface area contributed by atoms with E-state index in [0.717, 1.165) is 33.3 Å². The Hall–Kier alpha value is -2.46. The van der Waals surface area contributed by atoms with Crippen molar-refractivity contribution in [2.45, 2.75) is 25.3 Å². The molecule has 0 aliphatic heterocycles. The summed E-state index contributed by atoms with van der Waals surface area (Å²) in [6, 6.07) is 5.97. The maximum absolute atomic E-state index is 14.2. The van der Waals surface area contributed by atoms with Gasteiger partial charge in [-0.15, -0.1) is 0 Å². The molecule has 0 saturated heterocycles. The summed E-state index contributed by atoms with van der Waals surface area (Å²) in [6.45, 7) is 3.54. The average molecular weight is 413 g/mol. The summed E-state index contributed by atoms with van der Waals surface area (Å²) in [4.78, 5) is 2.91. The van der Waals surface area contributed by atoms with E-state index in [2.05, 4.69) is 9.36 Å². The number of halogens is 3. The van der Waals surface area contributed by atoms with Crippen LogP contribution >= 0.6 is 11.5 Å². The highest BCUT2D eigenvalue weighted by Crippen LogP contribution is 2.29. The Morgan fingerprint density at radius 1 is 1.04 bits per heavy atom. The molecule has 0 spiro atoms. The zero-order chi connectivity index (χ0) is 19.8. The molecule has 0 unspecified atom stereocenters. The van der Waals surface area contributed by atoms with E-state index in [9.17, 15) is 21.6 Å². The highest BCUT2D eigenvalue weighted by molar-refractivity contribution is 7.93. The highest BCUT2D eigenvalue weighted by atomic mass is 32.2. The number of aryl methyl sites for hydroxylation is 2. The molecule has 1 aromatic heterocycles. The quantitative estimate of drug-likeness (QED) is 0.594. The molecule has 3 rings (SSSR count). The van der Waals surface area contributed by atoms with Crippen LogP contribution in [0.25, 0.3) is 0 Å². The van der Waals surface area contributed by atoms with Gasteiger partial charge in [0.05, 0.1) is 6.54 Å². The molecule has 3 aromatic rings. The van der Waals surface area contributed by atoms with E-state index in [1.807, 2.05) is 26.0 Å². The Kier molecular flexibility index (Phi) is 5.20. The molecule has 0 saturated carbocycles. The first-order valence-electron chi connectivity index (χ1n) is 7.70. The Morgan fingerprint density at radius 2 is 1.74 bits per heavy atom.